The molecule has 2 rings (SSSR count). The molecule has 0 atom stereocenters. The Morgan fingerprint density at radius 1 is 1.25 bits per heavy atom. The largest absolute Gasteiger partial charge is 0.435 e. The molecule has 1 amide bonds. The van der Waals surface area contributed by atoms with Crippen LogP contribution in [0.25, 0.3) is 0 Å². The van der Waals surface area contributed by atoms with Crippen molar-refractivity contribution in [1.82, 2.24) is 24.9 Å². The van der Waals surface area contributed by atoms with Gasteiger partial charge in [-0.3, -0.25) is 14.2 Å². The molecule has 1 N–H and O–H groups in total. The molecule has 0 aliphatic carbocycles. The Hall–Kier alpha value is -2.32. The first-order chi connectivity index (χ1) is 11.3. The molecular formula is C15H20F3N5O. The maximum atomic E-state index is 12.6. The third-order valence-electron chi connectivity index (χ3n) is 3.48. The minimum Gasteiger partial charge on any atom is -0.356 e. The molecule has 24 heavy (non-hydrogen) atoms. The Balaban J connectivity index is 1.69. The van der Waals surface area contributed by atoms with Crippen molar-refractivity contribution in [2.45, 2.75) is 46.0 Å². The highest BCUT2D eigenvalue weighted by Gasteiger charge is 2.34. The molecule has 0 aliphatic heterocycles. The second-order valence-electron chi connectivity index (χ2n) is 5.57. The van der Waals surface area contributed by atoms with E-state index in [4.69, 9.17) is 0 Å². The fraction of sp³-hybridized carbons (Fsp3) is 0.533. The van der Waals surface area contributed by atoms with Crippen molar-refractivity contribution >= 4 is 5.91 Å². The van der Waals surface area contributed by atoms with Crippen molar-refractivity contribution in [3.8, 4) is 0 Å². The maximum absolute atomic E-state index is 12.6. The third kappa shape index (κ3) is 5.10. The summed E-state index contributed by atoms with van der Waals surface area (Å²) in [5.41, 5.74) is 0.449. The fourth-order valence-electron chi connectivity index (χ4n) is 2.22. The van der Waals surface area contributed by atoms with Crippen LogP contribution in [0.15, 0.2) is 18.3 Å². The Kier molecular flexibility index (Phi) is 5.63. The number of rotatable bonds is 7. The van der Waals surface area contributed by atoms with Gasteiger partial charge in [0.15, 0.2) is 5.69 Å². The van der Waals surface area contributed by atoms with Crippen molar-refractivity contribution in [2.24, 2.45) is 0 Å². The van der Waals surface area contributed by atoms with Crippen molar-refractivity contribution in [2.75, 3.05) is 6.54 Å². The van der Waals surface area contributed by atoms with E-state index >= 15 is 0 Å². The Morgan fingerprint density at radius 3 is 2.58 bits per heavy atom. The number of nitrogens with zero attached hydrogens (tertiary/aromatic N) is 4. The van der Waals surface area contributed by atoms with E-state index in [-0.39, 0.29) is 5.91 Å². The van der Waals surface area contributed by atoms with Crippen molar-refractivity contribution in [3.05, 3.63) is 35.4 Å². The summed E-state index contributed by atoms with van der Waals surface area (Å²) in [5.74, 6) is -0.115. The molecule has 0 bridgehead atoms. The highest BCUT2D eigenvalue weighted by Crippen LogP contribution is 2.28. The van der Waals surface area contributed by atoms with Crippen LogP contribution in [-0.2, 0) is 24.1 Å². The first-order valence-electron chi connectivity index (χ1n) is 7.64. The molecule has 0 aliphatic rings. The third-order valence-corrected chi connectivity index (χ3v) is 3.48. The predicted octanol–water partition coefficient (Wildman–Crippen LogP) is 2.31. The minimum atomic E-state index is -4.44. The van der Waals surface area contributed by atoms with Gasteiger partial charge in [-0.2, -0.15) is 23.4 Å². The van der Waals surface area contributed by atoms with E-state index in [2.05, 4.69) is 15.5 Å². The number of halogens is 3. The van der Waals surface area contributed by atoms with Crippen LogP contribution < -0.4 is 5.32 Å². The zero-order valence-corrected chi connectivity index (χ0v) is 13.6. The van der Waals surface area contributed by atoms with Gasteiger partial charge in [-0.1, -0.05) is 0 Å². The van der Waals surface area contributed by atoms with Gasteiger partial charge < -0.3 is 5.32 Å². The molecule has 0 saturated heterocycles. The second kappa shape index (κ2) is 7.50. The topological polar surface area (TPSA) is 64.7 Å². The Morgan fingerprint density at radius 2 is 2.00 bits per heavy atom. The van der Waals surface area contributed by atoms with Crippen LogP contribution >= 0.6 is 0 Å². The molecule has 132 valence electrons. The number of amides is 1. The summed E-state index contributed by atoms with van der Waals surface area (Å²) in [6.45, 7) is 4.65. The lowest BCUT2D eigenvalue weighted by Crippen LogP contribution is -2.26. The van der Waals surface area contributed by atoms with Gasteiger partial charge in [-0.05, 0) is 32.4 Å². The number of nitrogens with one attached hydrogen (secondary N) is 1. The fourth-order valence-corrected chi connectivity index (χ4v) is 2.22. The monoisotopic (exact) mass is 343 g/mol. The van der Waals surface area contributed by atoms with Crippen molar-refractivity contribution in [3.63, 3.8) is 0 Å². The summed E-state index contributed by atoms with van der Waals surface area (Å²) < 4.78 is 40.7. The lowest BCUT2D eigenvalue weighted by molar-refractivity contribution is -0.141. The number of alkyl halides is 3. The average Bonchev–Trinajstić information content (AvgIpc) is 3.07. The van der Waals surface area contributed by atoms with E-state index in [9.17, 15) is 18.0 Å². The molecule has 9 heteroatoms. The summed E-state index contributed by atoms with van der Waals surface area (Å²) in [6, 6.07) is 2.88. The van der Waals surface area contributed by atoms with Crippen LogP contribution in [-0.4, -0.2) is 32.0 Å². The van der Waals surface area contributed by atoms with Crippen LogP contribution in [0.4, 0.5) is 13.2 Å². The van der Waals surface area contributed by atoms with E-state index in [1.807, 2.05) is 13.0 Å². The zero-order valence-electron chi connectivity index (χ0n) is 13.6. The molecule has 2 aromatic rings. The summed E-state index contributed by atoms with van der Waals surface area (Å²) >= 11 is 0. The average molecular weight is 343 g/mol. The minimum absolute atomic E-state index is 0.115. The van der Waals surface area contributed by atoms with Crippen LogP contribution in [0.5, 0.6) is 0 Å². The van der Waals surface area contributed by atoms with Crippen molar-refractivity contribution in [1.29, 1.82) is 0 Å². The molecule has 0 aromatic carbocycles. The van der Waals surface area contributed by atoms with Gasteiger partial charge in [0.05, 0.1) is 5.69 Å². The van der Waals surface area contributed by atoms with E-state index in [1.54, 1.807) is 17.8 Å². The highest BCUT2D eigenvalue weighted by molar-refractivity contribution is 5.75. The molecular weight excluding hydrogens is 323 g/mol. The molecule has 0 spiro atoms. The first-order valence-corrected chi connectivity index (χ1v) is 7.64. The van der Waals surface area contributed by atoms with Gasteiger partial charge in [-0.25, -0.2) is 0 Å². The second-order valence-corrected chi connectivity index (χ2v) is 5.57. The summed E-state index contributed by atoms with van der Waals surface area (Å²) in [6.07, 6.45) is -1.82. The Labute approximate surface area is 137 Å². The normalized spacial score (nSPS) is 11.7. The molecule has 0 fully saturated rings. The smallest absolute Gasteiger partial charge is 0.356 e. The highest BCUT2D eigenvalue weighted by atomic mass is 19.4. The van der Waals surface area contributed by atoms with E-state index in [1.165, 1.54) is 4.68 Å². The maximum Gasteiger partial charge on any atom is 0.435 e. The molecule has 0 radical (unpaired) electrons. The molecule has 2 aromatic heterocycles. The van der Waals surface area contributed by atoms with Crippen molar-refractivity contribution < 1.29 is 18.0 Å². The van der Waals surface area contributed by atoms with E-state index in [0.717, 1.165) is 11.8 Å². The number of aryl methyl sites for hydroxylation is 4. The van der Waals surface area contributed by atoms with Crippen LogP contribution in [0.1, 0.15) is 29.9 Å². The van der Waals surface area contributed by atoms with Gasteiger partial charge >= 0.3 is 6.18 Å². The number of carbonyl (C=O) groups excluding carboxylic acids is 1. The Bertz CT molecular complexity index is 690. The van der Waals surface area contributed by atoms with Gasteiger partial charge in [0.2, 0.25) is 5.91 Å². The summed E-state index contributed by atoms with van der Waals surface area (Å²) in [5, 5.41) is 10.5. The SMILES string of the molecule is Cc1ccn(CCC(=O)NCCCn2nc(C(F)(F)F)cc2C)n1. The summed E-state index contributed by atoms with van der Waals surface area (Å²) in [7, 11) is 0. The number of carbonyl (C=O) groups is 1. The number of hydrogen-bond acceptors (Lipinski definition) is 3. The van der Waals surface area contributed by atoms with Crippen LogP contribution in [0.2, 0.25) is 0 Å². The van der Waals surface area contributed by atoms with Gasteiger partial charge in [0, 0.05) is 37.9 Å². The lowest BCUT2D eigenvalue weighted by Gasteiger charge is -2.07. The summed E-state index contributed by atoms with van der Waals surface area (Å²) in [4.78, 5) is 11.7. The quantitative estimate of drug-likeness (QED) is 0.785. The van der Waals surface area contributed by atoms with Gasteiger partial charge in [0.25, 0.3) is 0 Å². The zero-order chi connectivity index (χ0) is 17.7. The molecule has 0 unspecified atom stereocenters. The molecule has 0 saturated carbocycles. The molecule has 2 heterocycles. The number of hydrogen-bond donors (Lipinski definition) is 1. The number of aromatic nitrogens is 4. The van der Waals surface area contributed by atoms with E-state index in [0.29, 0.717) is 38.2 Å². The van der Waals surface area contributed by atoms with Crippen LogP contribution in [0, 0.1) is 13.8 Å². The molecule has 6 nitrogen and oxygen atoms in total. The lowest BCUT2D eigenvalue weighted by atomic mass is 10.3. The standard InChI is InChI=1S/C15H20F3N5O/c1-11-4-8-22(20-11)9-5-14(24)19-6-3-7-23-12(2)10-13(21-23)15(16,17)18/h4,8,10H,3,5-7,9H2,1-2H3,(H,19,24). The first kappa shape index (κ1) is 18.0. The van der Waals surface area contributed by atoms with E-state index < -0.39 is 11.9 Å². The van der Waals surface area contributed by atoms with Gasteiger partial charge in [-0.15, -0.1) is 0 Å². The van der Waals surface area contributed by atoms with Crippen LogP contribution in [0.3, 0.4) is 0 Å². The van der Waals surface area contributed by atoms with Gasteiger partial charge in [0.1, 0.15) is 0 Å². The predicted molar refractivity (Wildman–Crippen MR) is 81.2 cm³/mol.